The summed E-state index contributed by atoms with van der Waals surface area (Å²) in [6, 6.07) is 5.78. The van der Waals surface area contributed by atoms with Gasteiger partial charge in [-0.15, -0.1) is 0 Å². The Morgan fingerprint density at radius 3 is 2.81 bits per heavy atom. The number of aliphatic hydroxyl groups is 1. The minimum Gasteiger partial charge on any atom is -0.472 e. The number of furan rings is 1. The van der Waals surface area contributed by atoms with Crippen LogP contribution in [0.25, 0.3) is 0 Å². The van der Waals surface area contributed by atoms with Crippen molar-refractivity contribution >= 4 is 0 Å². The van der Waals surface area contributed by atoms with Crippen molar-refractivity contribution in [1.29, 1.82) is 0 Å². The molecule has 2 rings (SSSR count). The monoisotopic (exact) mass is 217 g/mol. The normalized spacial score (nSPS) is 12.6. The molecule has 0 radical (unpaired) electrons. The first kappa shape index (κ1) is 10.9. The fourth-order valence-electron chi connectivity index (χ4n) is 1.57. The molecule has 0 aliphatic rings. The van der Waals surface area contributed by atoms with Crippen LogP contribution in [0.15, 0.2) is 41.3 Å². The second kappa shape index (κ2) is 4.94. The second-order valence-corrected chi connectivity index (χ2v) is 3.79. The molecule has 0 aliphatic heterocycles. The predicted molar refractivity (Wildman–Crippen MR) is 61.0 cm³/mol. The first-order valence-corrected chi connectivity index (χ1v) is 5.43. The van der Waals surface area contributed by atoms with Gasteiger partial charge < -0.3 is 9.52 Å². The van der Waals surface area contributed by atoms with Crippen molar-refractivity contribution in [2.75, 3.05) is 0 Å². The van der Waals surface area contributed by atoms with Crippen LogP contribution in [-0.4, -0.2) is 10.1 Å². The highest BCUT2D eigenvalue weighted by Crippen LogP contribution is 2.17. The van der Waals surface area contributed by atoms with Gasteiger partial charge in [0, 0.05) is 23.9 Å². The molecule has 0 fully saturated rings. The molecule has 1 atom stereocenters. The molecule has 0 amide bonds. The summed E-state index contributed by atoms with van der Waals surface area (Å²) in [5.74, 6) is 0. The molecule has 0 bridgehead atoms. The predicted octanol–water partition coefficient (Wildman–Crippen LogP) is 2.51. The summed E-state index contributed by atoms with van der Waals surface area (Å²) in [7, 11) is 0. The Balaban J connectivity index is 2.03. The van der Waals surface area contributed by atoms with E-state index in [1.165, 1.54) is 5.56 Å². The minimum atomic E-state index is -0.543. The lowest BCUT2D eigenvalue weighted by Gasteiger charge is -2.07. The Morgan fingerprint density at radius 2 is 2.25 bits per heavy atom. The third-order valence-corrected chi connectivity index (χ3v) is 2.62. The molecule has 1 N–H and O–H groups in total. The van der Waals surface area contributed by atoms with Crippen molar-refractivity contribution in [3.63, 3.8) is 0 Å². The van der Waals surface area contributed by atoms with Crippen LogP contribution in [0, 0.1) is 0 Å². The second-order valence-electron chi connectivity index (χ2n) is 3.79. The fourth-order valence-corrected chi connectivity index (χ4v) is 1.57. The summed E-state index contributed by atoms with van der Waals surface area (Å²) in [5.41, 5.74) is 2.90. The SMILES string of the molecule is CCc1ccc(CC(O)c2ccoc2)nc1. The van der Waals surface area contributed by atoms with E-state index in [0.29, 0.717) is 6.42 Å². The van der Waals surface area contributed by atoms with E-state index in [9.17, 15) is 5.11 Å². The Kier molecular flexibility index (Phi) is 3.37. The fraction of sp³-hybridized carbons (Fsp3) is 0.308. The van der Waals surface area contributed by atoms with Gasteiger partial charge >= 0.3 is 0 Å². The highest BCUT2D eigenvalue weighted by molar-refractivity contribution is 5.17. The number of aliphatic hydroxyl groups excluding tert-OH is 1. The Bertz CT molecular complexity index is 420. The van der Waals surface area contributed by atoms with Gasteiger partial charge in [0.05, 0.1) is 18.6 Å². The molecule has 0 spiro atoms. The van der Waals surface area contributed by atoms with Gasteiger partial charge in [-0.05, 0) is 24.1 Å². The lowest BCUT2D eigenvalue weighted by atomic mass is 10.1. The minimum absolute atomic E-state index is 0.517. The summed E-state index contributed by atoms with van der Waals surface area (Å²) < 4.78 is 4.93. The summed E-state index contributed by atoms with van der Waals surface area (Å²) in [6.07, 6.45) is 5.94. The van der Waals surface area contributed by atoms with Gasteiger partial charge in [0.15, 0.2) is 0 Å². The van der Waals surface area contributed by atoms with Gasteiger partial charge in [-0.25, -0.2) is 0 Å². The van der Waals surface area contributed by atoms with Crippen molar-refractivity contribution in [2.45, 2.75) is 25.9 Å². The molecule has 0 aliphatic carbocycles. The van der Waals surface area contributed by atoms with Crippen LogP contribution < -0.4 is 0 Å². The number of nitrogens with zero attached hydrogens (tertiary/aromatic N) is 1. The number of pyridine rings is 1. The van der Waals surface area contributed by atoms with Crippen molar-refractivity contribution in [3.8, 4) is 0 Å². The smallest absolute Gasteiger partial charge is 0.0960 e. The van der Waals surface area contributed by atoms with Crippen LogP contribution in [0.2, 0.25) is 0 Å². The summed E-state index contributed by atoms with van der Waals surface area (Å²) >= 11 is 0. The average molecular weight is 217 g/mol. The lowest BCUT2D eigenvalue weighted by Crippen LogP contribution is -2.02. The van der Waals surface area contributed by atoms with Crippen LogP contribution in [0.4, 0.5) is 0 Å². The molecule has 2 aromatic rings. The van der Waals surface area contributed by atoms with Gasteiger partial charge in [-0.1, -0.05) is 13.0 Å². The average Bonchev–Trinajstić information content (AvgIpc) is 2.83. The molecule has 3 heteroatoms. The van der Waals surface area contributed by atoms with E-state index in [1.807, 2.05) is 18.3 Å². The molecule has 16 heavy (non-hydrogen) atoms. The number of rotatable bonds is 4. The van der Waals surface area contributed by atoms with Gasteiger partial charge in [-0.3, -0.25) is 4.98 Å². The molecule has 0 aromatic carbocycles. The van der Waals surface area contributed by atoms with E-state index >= 15 is 0 Å². The maximum absolute atomic E-state index is 9.89. The van der Waals surface area contributed by atoms with Crippen LogP contribution in [-0.2, 0) is 12.8 Å². The van der Waals surface area contributed by atoms with E-state index in [4.69, 9.17) is 4.42 Å². The molecule has 0 saturated carbocycles. The quantitative estimate of drug-likeness (QED) is 0.855. The number of aryl methyl sites for hydroxylation is 1. The third-order valence-electron chi connectivity index (χ3n) is 2.62. The van der Waals surface area contributed by atoms with Crippen molar-refractivity contribution < 1.29 is 9.52 Å². The van der Waals surface area contributed by atoms with Crippen LogP contribution in [0.3, 0.4) is 0 Å². The van der Waals surface area contributed by atoms with Crippen LogP contribution >= 0.6 is 0 Å². The topological polar surface area (TPSA) is 46.3 Å². The number of hydrogen-bond donors (Lipinski definition) is 1. The Hall–Kier alpha value is -1.61. The van der Waals surface area contributed by atoms with Gasteiger partial charge in [-0.2, -0.15) is 0 Å². The zero-order valence-electron chi connectivity index (χ0n) is 9.26. The van der Waals surface area contributed by atoms with Crippen LogP contribution in [0.1, 0.15) is 29.8 Å². The Morgan fingerprint density at radius 1 is 1.38 bits per heavy atom. The Labute approximate surface area is 94.8 Å². The van der Waals surface area contributed by atoms with E-state index < -0.39 is 6.10 Å². The maximum Gasteiger partial charge on any atom is 0.0960 e. The highest BCUT2D eigenvalue weighted by Gasteiger charge is 2.10. The molecule has 1 unspecified atom stereocenters. The van der Waals surface area contributed by atoms with E-state index in [-0.39, 0.29) is 0 Å². The van der Waals surface area contributed by atoms with Gasteiger partial charge in [0.25, 0.3) is 0 Å². The largest absolute Gasteiger partial charge is 0.472 e. The van der Waals surface area contributed by atoms with Crippen LogP contribution in [0.5, 0.6) is 0 Å². The number of aromatic nitrogens is 1. The van der Waals surface area contributed by atoms with E-state index in [1.54, 1.807) is 18.6 Å². The summed E-state index contributed by atoms with van der Waals surface area (Å²) in [5, 5.41) is 9.89. The standard InChI is InChI=1S/C13H15NO2/c1-2-10-3-4-12(14-8-10)7-13(15)11-5-6-16-9-11/h3-6,8-9,13,15H,2,7H2,1H3. The first-order chi connectivity index (χ1) is 7.79. The molecule has 0 saturated heterocycles. The lowest BCUT2D eigenvalue weighted by molar-refractivity contribution is 0.176. The van der Waals surface area contributed by atoms with E-state index in [0.717, 1.165) is 17.7 Å². The molecule has 3 nitrogen and oxygen atoms in total. The van der Waals surface area contributed by atoms with Crippen molar-refractivity contribution in [1.82, 2.24) is 4.98 Å². The molecule has 2 heterocycles. The summed E-state index contributed by atoms with van der Waals surface area (Å²) in [4.78, 5) is 4.31. The van der Waals surface area contributed by atoms with E-state index in [2.05, 4.69) is 11.9 Å². The maximum atomic E-state index is 9.89. The van der Waals surface area contributed by atoms with Gasteiger partial charge in [0.1, 0.15) is 0 Å². The van der Waals surface area contributed by atoms with Crippen molar-refractivity contribution in [2.24, 2.45) is 0 Å². The number of hydrogen-bond acceptors (Lipinski definition) is 3. The highest BCUT2D eigenvalue weighted by atomic mass is 16.3. The first-order valence-electron chi connectivity index (χ1n) is 5.43. The molecule has 84 valence electrons. The zero-order chi connectivity index (χ0) is 11.4. The van der Waals surface area contributed by atoms with Gasteiger partial charge in [0.2, 0.25) is 0 Å². The molecular weight excluding hydrogens is 202 g/mol. The molecular formula is C13H15NO2. The zero-order valence-corrected chi connectivity index (χ0v) is 9.26. The third kappa shape index (κ3) is 2.49. The molecule has 2 aromatic heterocycles. The summed E-state index contributed by atoms with van der Waals surface area (Å²) in [6.45, 7) is 2.09. The van der Waals surface area contributed by atoms with Crippen molar-refractivity contribution in [3.05, 3.63) is 53.7 Å².